The smallest absolute Gasteiger partial charge is 0.230 e. The Morgan fingerprint density at radius 1 is 1.32 bits per heavy atom. The van der Waals surface area contributed by atoms with E-state index < -0.39 is 73.2 Å². The molecular formula is C21H24N4O2S. The second-order valence-electron chi connectivity index (χ2n) is 5.50. The highest BCUT2D eigenvalue weighted by Crippen LogP contribution is 2.14. The molecule has 1 atom stereocenters. The zero-order chi connectivity index (χ0) is 28.6. The van der Waals surface area contributed by atoms with Crippen LogP contribution < -0.4 is 16.4 Å². The van der Waals surface area contributed by atoms with Crippen LogP contribution in [0.4, 0.5) is 10.8 Å². The van der Waals surface area contributed by atoms with Gasteiger partial charge in [0, 0.05) is 23.0 Å². The van der Waals surface area contributed by atoms with Crippen LogP contribution in [-0.4, -0.2) is 29.0 Å². The number of nitrogens with zero attached hydrogens (tertiary/aromatic N) is 1. The summed E-state index contributed by atoms with van der Waals surface area (Å²) in [6.07, 6.45) is -4.17. The maximum absolute atomic E-state index is 12.4. The zero-order valence-corrected chi connectivity index (χ0v) is 15.4. The Hall–Kier alpha value is -2.74. The molecule has 0 aliphatic carbocycles. The number of amides is 1. The fourth-order valence-electron chi connectivity index (χ4n) is 2.09. The lowest BCUT2D eigenvalue weighted by Crippen LogP contribution is -2.23. The van der Waals surface area contributed by atoms with Crippen molar-refractivity contribution in [3.8, 4) is 0 Å². The molecule has 28 heavy (non-hydrogen) atoms. The highest BCUT2D eigenvalue weighted by atomic mass is 32.1. The summed E-state index contributed by atoms with van der Waals surface area (Å²) in [5.74, 6) is -0.766. The molecule has 2 aromatic carbocycles. The van der Waals surface area contributed by atoms with Gasteiger partial charge in [0.05, 0.1) is 26.4 Å². The quantitative estimate of drug-likeness (QED) is 0.438. The molecule has 0 bridgehead atoms. The van der Waals surface area contributed by atoms with Crippen LogP contribution >= 0.6 is 11.3 Å². The van der Waals surface area contributed by atoms with E-state index in [0.717, 1.165) is 11.3 Å². The first-order chi connectivity index (χ1) is 17.5. The zero-order valence-electron chi connectivity index (χ0n) is 24.6. The van der Waals surface area contributed by atoms with Crippen molar-refractivity contribution >= 4 is 28.1 Å². The Balaban J connectivity index is 1.85. The Kier molecular flexibility index (Phi) is 3.82. The molecule has 0 fully saturated rings. The summed E-state index contributed by atoms with van der Waals surface area (Å²) in [5.41, 5.74) is 4.58. The third-order valence-corrected chi connectivity index (χ3v) is 4.01. The van der Waals surface area contributed by atoms with Gasteiger partial charge in [-0.05, 0) is 36.1 Å². The van der Waals surface area contributed by atoms with Crippen LogP contribution in [0.1, 0.15) is 36.6 Å². The van der Waals surface area contributed by atoms with E-state index in [2.05, 4.69) is 10.3 Å². The molecule has 3 rings (SSSR count). The van der Waals surface area contributed by atoms with Crippen molar-refractivity contribution in [2.45, 2.75) is 18.9 Å². The average molecular weight is 407 g/mol. The summed E-state index contributed by atoms with van der Waals surface area (Å²) < 4.78 is 81.6. The van der Waals surface area contributed by atoms with E-state index in [0.29, 0.717) is 0 Å². The van der Waals surface area contributed by atoms with Crippen LogP contribution in [0.5, 0.6) is 0 Å². The van der Waals surface area contributed by atoms with Gasteiger partial charge < -0.3 is 21.5 Å². The third kappa shape index (κ3) is 6.16. The number of thiazole rings is 1. The summed E-state index contributed by atoms with van der Waals surface area (Å²) in [7, 11) is 0. The second-order valence-corrected chi connectivity index (χ2v) is 6.32. The van der Waals surface area contributed by atoms with Crippen molar-refractivity contribution < 1.29 is 23.6 Å². The lowest BCUT2D eigenvalue weighted by Gasteiger charge is -2.12. The van der Waals surface area contributed by atoms with Crippen molar-refractivity contribution in [2.75, 3.05) is 24.0 Å². The lowest BCUT2D eigenvalue weighted by molar-refractivity contribution is -0.115. The third-order valence-electron chi connectivity index (χ3n) is 3.37. The van der Waals surface area contributed by atoms with Crippen LogP contribution in [0.25, 0.3) is 0 Å². The number of hydrogen-bond acceptors (Lipinski definition) is 6. The highest BCUT2D eigenvalue weighted by molar-refractivity contribution is 7.13. The first kappa shape index (κ1) is 10.7. The number of carbonyl (C=O) groups excluding carboxylic acids is 1. The van der Waals surface area contributed by atoms with Crippen molar-refractivity contribution in [2.24, 2.45) is 0 Å². The van der Waals surface area contributed by atoms with Gasteiger partial charge in [-0.2, -0.15) is 0 Å². The summed E-state index contributed by atoms with van der Waals surface area (Å²) in [6.45, 7) is -5.78. The van der Waals surface area contributed by atoms with Crippen LogP contribution in [0.2, 0.25) is 0 Å². The van der Waals surface area contributed by atoms with Crippen LogP contribution in [0, 0.1) is 0 Å². The molecule has 0 spiro atoms. The maximum atomic E-state index is 12.4. The molecule has 1 aromatic heterocycles. The van der Waals surface area contributed by atoms with Gasteiger partial charge in [0.25, 0.3) is 0 Å². The predicted molar refractivity (Wildman–Crippen MR) is 113 cm³/mol. The van der Waals surface area contributed by atoms with Gasteiger partial charge in [0.15, 0.2) is 5.13 Å². The molecule has 0 aliphatic heterocycles. The predicted octanol–water partition coefficient (Wildman–Crippen LogP) is 2.77. The van der Waals surface area contributed by atoms with Gasteiger partial charge in [-0.25, -0.2) is 4.98 Å². The van der Waals surface area contributed by atoms with Gasteiger partial charge in [0.1, 0.15) is 0 Å². The van der Waals surface area contributed by atoms with Crippen molar-refractivity contribution in [1.29, 1.82) is 0 Å². The molecule has 1 heterocycles. The molecule has 0 aliphatic rings. The van der Waals surface area contributed by atoms with Crippen molar-refractivity contribution in [3.63, 3.8) is 0 Å². The molecule has 0 saturated carbocycles. The second kappa shape index (κ2) is 9.98. The number of benzene rings is 2. The summed E-state index contributed by atoms with van der Waals surface area (Å²) >= 11 is 0.863. The number of anilines is 2. The fraction of sp³-hybridized carbons (Fsp3) is 0.238. The van der Waals surface area contributed by atoms with Crippen molar-refractivity contribution in [1.82, 2.24) is 10.3 Å². The first-order valence-electron chi connectivity index (χ1n) is 13.1. The largest absolute Gasteiger partial charge is 0.387 e. The maximum Gasteiger partial charge on any atom is 0.230 e. The Bertz CT molecular complexity index is 1320. The number of rotatable bonds is 9. The number of carbonyl (C=O) groups is 1. The minimum absolute atomic E-state index is 0.0333. The van der Waals surface area contributed by atoms with Crippen LogP contribution in [0.3, 0.4) is 0 Å². The molecule has 146 valence electrons. The van der Waals surface area contributed by atoms with E-state index in [1.54, 1.807) is 6.07 Å². The number of hydrogen-bond donors (Lipinski definition) is 4. The first-order valence-corrected chi connectivity index (χ1v) is 8.96. The normalized spacial score (nSPS) is 19.2. The van der Waals surface area contributed by atoms with Gasteiger partial charge in [-0.15, -0.1) is 11.3 Å². The molecular weight excluding hydrogens is 372 g/mol. The molecule has 0 saturated heterocycles. The number of nitrogen functional groups attached to an aromatic ring is 1. The molecule has 0 unspecified atom stereocenters. The monoisotopic (exact) mass is 406 g/mol. The molecule has 0 radical (unpaired) electrons. The topological polar surface area (TPSA) is 100 Å². The van der Waals surface area contributed by atoms with E-state index in [-0.39, 0.29) is 21.7 Å². The van der Waals surface area contributed by atoms with E-state index in [1.165, 1.54) is 24.3 Å². The number of nitrogens with two attached hydrogens (primary N) is 1. The van der Waals surface area contributed by atoms with Gasteiger partial charge in [-0.3, -0.25) is 4.79 Å². The van der Waals surface area contributed by atoms with Crippen LogP contribution in [0.15, 0.2) is 59.9 Å². The van der Waals surface area contributed by atoms with Gasteiger partial charge in [0.2, 0.25) is 5.91 Å². The molecule has 3 aromatic rings. The van der Waals surface area contributed by atoms with E-state index >= 15 is 0 Å². The SMILES string of the molecule is [2H]c1sc(N)nc1CC(=O)Nc1c([2H])c([2H])c(CC([2H])([2H])NC([2H])([2H])[C@]([2H])(O)c2ccccc2)c([2H])c1[2H]. The molecule has 1 amide bonds. The Labute approximate surface area is 182 Å². The summed E-state index contributed by atoms with van der Waals surface area (Å²) in [4.78, 5) is 16.3. The highest BCUT2D eigenvalue weighted by Gasteiger charge is 2.08. The van der Waals surface area contributed by atoms with Crippen LogP contribution in [-0.2, 0) is 17.6 Å². The minimum atomic E-state index is -3.04. The van der Waals surface area contributed by atoms with E-state index in [9.17, 15) is 9.90 Å². The standard InChI is InChI=1S/C21H24N4O2S/c22-21-25-18(14-28-21)12-20(27)24-17-8-6-15(7-9-17)10-11-23-13-19(26)16-4-2-1-3-5-16/h1-9,14,19,23,26H,10-13H2,(H2,22,25)(H,24,27)/t19-/m0/s1/i6D,7D,8D,9D,11D2,13D2,14D,19D. The summed E-state index contributed by atoms with van der Waals surface area (Å²) in [5, 5.41) is 14.8. The molecule has 7 heteroatoms. The van der Waals surface area contributed by atoms with Crippen molar-refractivity contribution in [3.05, 3.63) is 76.7 Å². The van der Waals surface area contributed by atoms with Gasteiger partial charge >= 0.3 is 0 Å². The fourth-order valence-corrected chi connectivity index (χ4v) is 2.59. The number of aliphatic hydroxyl groups is 1. The molecule has 6 nitrogen and oxygen atoms in total. The van der Waals surface area contributed by atoms with E-state index in [4.69, 9.17) is 19.4 Å². The van der Waals surface area contributed by atoms with E-state index in [1.807, 2.05) is 5.32 Å². The minimum Gasteiger partial charge on any atom is -0.387 e. The number of aromatic nitrogens is 1. The summed E-state index contributed by atoms with van der Waals surface area (Å²) in [6, 6.07) is 4.46. The van der Waals surface area contributed by atoms with Gasteiger partial charge in [-0.1, -0.05) is 42.4 Å². The molecule has 5 N–H and O–H groups in total. The average Bonchev–Trinajstić information content (AvgIpc) is 3.14. The number of nitrogens with one attached hydrogen (secondary N) is 2. The lowest BCUT2D eigenvalue weighted by atomic mass is 10.1. The Morgan fingerprint density at radius 2 is 2.07 bits per heavy atom. The Morgan fingerprint density at radius 3 is 2.75 bits per heavy atom.